The zero-order chi connectivity index (χ0) is 13.0. The first kappa shape index (κ1) is 13.7. The zero-order valence-electron chi connectivity index (χ0n) is 11.1. The summed E-state index contributed by atoms with van der Waals surface area (Å²) in [5, 5.41) is 0. The van der Waals surface area contributed by atoms with Crippen molar-refractivity contribution in [3.8, 4) is 0 Å². The molecule has 2 rings (SSSR count). The Morgan fingerprint density at radius 3 is 2.83 bits per heavy atom. The lowest BCUT2D eigenvalue weighted by atomic mass is 10.0. The molecular formula is C13H22N2O2Si. The lowest BCUT2D eigenvalue weighted by Crippen LogP contribution is -2.42. The predicted octanol–water partition coefficient (Wildman–Crippen LogP) is 1.29. The molecule has 1 saturated heterocycles. The lowest BCUT2D eigenvalue weighted by Gasteiger charge is -2.29. The van der Waals surface area contributed by atoms with Crippen molar-refractivity contribution in [2.75, 3.05) is 20.8 Å². The largest absolute Gasteiger partial charge is 0.411 e. The van der Waals surface area contributed by atoms with Gasteiger partial charge in [0.05, 0.1) is 0 Å². The third kappa shape index (κ3) is 2.81. The SMILES string of the molecule is CO[SiH](OC)N1CCCC1c1cccc(CN)c1. The molecule has 18 heavy (non-hydrogen) atoms. The molecule has 1 aliphatic rings. The lowest BCUT2D eigenvalue weighted by molar-refractivity contribution is 0.191. The van der Waals surface area contributed by atoms with Crippen molar-refractivity contribution in [3.63, 3.8) is 0 Å². The third-order valence-electron chi connectivity index (χ3n) is 3.54. The predicted molar refractivity (Wildman–Crippen MR) is 74.2 cm³/mol. The zero-order valence-corrected chi connectivity index (χ0v) is 12.3. The molecule has 0 amide bonds. The second-order valence-corrected chi connectivity index (χ2v) is 6.84. The first-order valence-electron chi connectivity index (χ1n) is 6.40. The van der Waals surface area contributed by atoms with E-state index in [1.54, 1.807) is 14.2 Å². The second-order valence-electron chi connectivity index (χ2n) is 4.62. The van der Waals surface area contributed by atoms with Gasteiger partial charge in [-0.05, 0) is 30.5 Å². The number of hydrogen-bond donors (Lipinski definition) is 1. The Labute approximate surface area is 111 Å². The molecule has 1 aromatic carbocycles. The van der Waals surface area contributed by atoms with Crippen molar-refractivity contribution in [2.45, 2.75) is 25.4 Å². The topological polar surface area (TPSA) is 47.7 Å². The van der Waals surface area contributed by atoms with Gasteiger partial charge in [0.15, 0.2) is 0 Å². The van der Waals surface area contributed by atoms with Gasteiger partial charge in [-0.25, -0.2) is 0 Å². The standard InChI is InChI=1S/C13H22N2O2Si/c1-16-18(17-2)15-8-4-7-13(15)12-6-3-5-11(9-12)10-14/h3,5-6,9,13,18H,4,7-8,10,14H2,1-2H3. The van der Waals surface area contributed by atoms with Crippen LogP contribution in [-0.2, 0) is 15.4 Å². The van der Waals surface area contributed by atoms with Gasteiger partial charge in [-0.15, -0.1) is 0 Å². The summed E-state index contributed by atoms with van der Waals surface area (Å²) in [6.07, 6.45) is 2.37. The highest BCUT2D eigenvalue weighted by Gasteiger charge is 2.33. The van der Waals surface area contributed by atoms with Crippen LogP contribution in [0.5, 0.6) is 0 Å². The van der Waals surface area contributed by atoms with Gasteiger partial charge in [0.2, 0.25) is 0 Å². The van der Waals surface area contributed by atoms with Crippen molar-refractivity contribution in [1.29, 1.82) is 0 Å². The number of nitrogens with two attached hydrogens (primary N) is 1. The second kappa shape index (κ2) is 6.45. The van der Waals surface area contributed by atoms with E-state index in [0.29, 0.717) is 12.6 Å². The van der Waals surface area contributed by atoms with Gasteiger partial charge in [0.25, 0.3) is 0 Å². The molecule has 5 heteroatoms. The molecule has 1 aromatic rings. The Balaban J connectivity index is 2.19. The van der Waals surface area contributed by atoms with Crippen LogP contribution in [0.1, 0.15) is 30.0 Å². The fraction of sp³-hybridized carbons (Fsp3) is 0.538. The molecular weight excluding hydrogens is 244 g/mol. The van der Waals surface area contributed by atoms with E-state index >= 15 is 0 Å². The van der Waals surface area contributed by atoms with Crippen LogP contribution in [0.2, 0.25) is 0 Å². The fourth-order valence-corrected chi connectivity index (χ4v) is 4.44. The molecule has 2 N–H and O–H groups in total. The molecule has 1 unspecified atom stereocenters. The van der Waals surface area contributed by atoms with Crippen LogP contribution in [0.4, 0.5) is 0 Å². The van der Waals surface area contributed by atoms with E-state index < -0.39 is 9.45 Å². The maximum atomic E-state index is 5.71. The molecule has 0 radical (unpaired) electrons. The maximum absolute atomic E-state index is 5.71. The maximum Gasteiger partial charge on any atom is 0.411 e. The number of nitrogens with zero attached hydrogens (tertiary/aromatic N) is 1. The van der Waals surface area contributed by atoms with Crippen LogP contribution < -0.4 is 5.73 Å². The molecule has 0 aliphatic carbocycles. The summed E-state index contributed by atoms with van der Waals surface area (Å²) >= 11 is 0. The smallest absolute Gasteiger partial charge is 0.388 e. The van der Waals surface area contributed by atoms with Crippen LogP contribution in [-0.4, -0.2) is 34.8 Å². The summed E-state index contributed by atoms with van der Waals surface area (Å²) in [6, 6.07) is 8.97. The van der Waals surface area contributed by atoms with E-state index in [1.807, 2.05) is 0 Å². The van der Waals surface area contributed by atoms with Crippen molar-refractivity contribution in [3.05, 3.63) is 35.4 Å². The Kier molecular flexibility index (Phi) is 4.91. The first-order chi connectivity index (χ1) is 8.80. The van der Waals surface area contributed by atoms with E-state index in [4.69, 9.17) is 14.6 Å². The van der Waals surface area contributed by atoms with E-state index in [0.717, 1.165) is 6.54 Å². The average Bonchev–Trinajstić information content (AvgIpc) is 2.90. The van der Waals surface area contributed by atoms with E-state index in [9.17, 15) is 0 Å². The minimum atomic E-state index is -1.69. The summed E-state index contributed by atoms with van der Waals surface area (Å²) in [4.78, 5) is 0. The summed E-state index contributed by atoms with van der Waals surface area (Å²) < 4.78 is 13.4. The van der Waals surface area contributed by atoms with Gasteiger partial charge in [-0.3, -0.25) is 4.57 Å². The van der Waals surface area contributed by atoms with Gasteiger partial charge < -0.3 is 14.6 Å². The number of benzene rings is 1. The molecule has 1 atom stereocenters. The molecule has 0 aromatic heterocycles. The van der Waals surface area contributed by atoms with E-state index in [2.05, 4.69) is 28.8 Å². The minimum Gasteiger partial charge on any atom is -0.388 e. The van der Waals surface area contributed by atoms with Gasteiger partial charge in [0, 0.05) is 26.8 Å². The highest BCUT2D eigenvalue weighted by atomic mass is 28.3. The van der Waals surface area contributed by atoms with Crippen LogP contribution in [0.15, 0.2) is 24.3 Å². The van der Waals surface area contributed by atoms with E-state index in [-0.39, 0.29) is 0 Å². The van der Waals surface area contributed by atoms with Crippen LogP contribution in [0.25, 0.3) is 0 Å². The van der Waals surface area contributed by atoms with Crippen LogP contribution in [0.3, 0.4) is 0 Å². The molecule has 0 spiro atoms. The van der Waals surface area contributed by atoms with Gasteiger partial charge in [-0.2, -0.15) is 0 Å². The quantitative estimate of drug-likeness (QED) is 0.816. The first-order valence-corrected chi connectivity index (χ1v) is 7.86. The summed E-state index contributed by atoms with van der Waals surface area (Å²) in [6.45, 7) is 1.66. The van der Waals surface area contributed by atoms with Crippen molar-refractivity contribution in [1.82, 2.24) is 4.57 Å². The molecule has 0 bridgehead atoms. The van der Waals surface area contributed by atoms with Gasteiger partial charge >= 0.3 is 9.45 Å². The third-order valence-corrected chi connectivity index (χ3v) is 5.51. The Morgan fingerprint density at radius 1 is 1.39 bits per heavy atom. The Morgan fingerprint density at radius 2 is 2.17 bits per heavy atom. The Hall–Kier alpha value is -0.723. The summed E-state index contributed by atoms with van der Waals surface area (Å²) in [5.41, 5.74) is 8.23. The monoisotopic (exact) mass is 266 g/mol. The molecule has 1 heterocycles. The minimum absolute atomic E-state index is 0.424. The average molecular weight is 266 g/mol. The van der Waals surface area contributed by atoms with Crippen molar-refractivity contribution < 1.29 is 8.85 Å². The molecule has 0 saturated carbocycles. The van der Waals surface area contributed by atoms with Crippen molar-refractivity contribution >= 4 is 9.45 Å². The molecule has 1 fully saturated rings. The normalized spacial score (nSPS) is 20.8. The highest BCUT2D eigenvalue weighted by Crippen LogP contribution is 2.33. The van der Waals surface area contributed by atoms with E-state index in [1.165, 1.54) is 24.0 Å². The summed E-state index contributed by atoms with van der Waals surface area (Å²) in [5.74, 6) is 0. The molecule has 100 valence electrons. The number of rotatable bonds is 5. The van der Waals surface area contributed by atoms with Crippen molar-refractivity contribution in [2.24, 2.45) is 5.73 Å². The molecule has 4 nitrogen and oxygen atoms in total. The highest BCUT2D eigenvalue weighted by molar-refractivity contribution is 6.41. The molecule has 1 aliphatic heterocycles. The summed E-state index contributed by atoms with van der Waals surface area (Å²) in [7, 11) is 1.79. The van der Waals surface area contributed by atoms with Crippen LogP contribution in [0, 0.1) is 0 Å². The van der Waals surface area contributed by atoms with Crippen LogP contribution >= 0.6 is 0 Å². The van der Waals surface area contributed by atoms with Gasteiger partial charge in [0.1, 0.15) is 0 Å². The van der Waals surface area contributed by atoms with Gasteiger partial charge in [-0.1, -0.05) is 24.3 Å². The Bertz CT molecular complexity index is 385. The fourth-order valence-electron chi connectivity index (χ4n) is 2.69. The number of hydrogen-bond acceptors (Lipinski definition) is 4.